The highest BCUT2D eigenvalue weighted by Gasteiger charge is 2.65. The first-order valence-electron chi connectivity index (χ1n) is 14.1. The molecule has 0 aromatic heterocycles. The van der Waals surface area contributed by atoms with Crippen LogP contribution in [0.2, 0.25) is 0 Å². The summed E-state index contributed by atoms with van der Waals surface area (Å²) in [5.41, 5.74) is -0.0332. The third-order valence-electron chi connectivity index (χ3n) is 11.4. The number of carbonyl (C=O) groups excluding carboxylic acids is 1. The smallest absolute Gasteiger partial charge is 0.328 e. The largest absolute Gasteiger partial charge is 0.480 e. The van der Waals surface area contributed by atoms with Crippen LogP contribution >= 0.6 is 0 Å². The van der Waals surface area contributed by atoms with E-state index in [0.717, 1.165) is 38.5 Å². The summed E-state index contributed by atoms with van der Waals surface area (Å²) in [7, 11) is 0. The zero-order chi connectivity index (χ0) is 26.6. The average Bonchev–Trinajstić information content (AvgIpc) is 3.17. The topological polar surface area (TPSA) is 147 Å². The van der Waals surface area contributed by atoms with E-state index in [-0.39, 0.29) is 40.9 Å². The van der Waals surface area contributed by atoms with Gasteiger partial charge in [-0.05, 0) is 105 Å². The Morgan fingerprint density at radius 3 is 2.19 bits per heavy atom. The average molecular weight is 510 g/mol. The maximum atomic E-state index is 12.4. The molecule has 36 heavy (non-hydrogen) atoms. The molecular formula is C28H47NO7. The van der Waals surface area contributed by atoms with Crippen molar-refractivity contribution in [2.24, 2.45) is 46.3 Å². The number of hydrogen-bond acceptors (Lipinski definition) is 6. The second-order valence-corrected chi connectivity index (χ2v) is 13.2. The molecule has 4 saturated carbocycles. The fraction of sp³-hybridized carbons (Fsp3) is 0.929. The third kappa shape index (κ3) is 4.61. The first-order chi connectivity index (χ1) is 16.8. The number of aliphatic hydroxyl groups excluding tert-OH is 4. The van der Waals surface area contributed by atoms with Crippen LogP contribution in [0.25, 0.3) is 0 Å². The van der Waals surface area contributed by atoms with Crippen LogP contribution in [0, 0.1) is 46.3 Å². The van der Waals surface area contributed by atoms with Crippen molar-refractivity contribution < 1.29 is 35.1 Å². The van der Waals surface area contributed by atoms with Gasteiger partial charge in [-0.25, -0.2) is 4.79 Å². The number of rotatable bonds is 7. The zero-order valence-electron chi connectivity index (χ0n) is 22.3. The van der Waals surface area contributed by atoms with Gasteiger partial charge in [0.1, 0.15) is 0 Å². The fourth-order valence-corrected chi connectivity index (χ4v) is 9.41. The molecule has 0 radical (unpaired) electrons. The van der Waals surface area contributed by atoms with Crippen molar-refractivity contribution in [2.75, 3.05) is 0 Å². The van der Waals surface area contributed by atoms with Crippen LogP contribution in [0.4, 0.5) is 0 Å². The SMILES string of the molecule is C[C@H](CCC(=O)N[C@H](C(=O)O)[C@@H](C)O)[C@H]1CC[C@H]2[C@@H]3[C@@H](O)[C@@H](O)[C@@H]4C[C@H](O)CC[C@]4(C)[C@H]3CC[C@]12C. The first-order valence-corrected chi connectivity index (χ1v) is 14.1. The molecule has 0 bridgehead atoms. The zero-order valence-corrected chi connectivity index (χ0v) is 22.3. The Kier molecular flexibility index (Phi) is 7.84. The standard InChI is InChI=1S/C28H47NO7/c1-14(5-8-21(32)29-23(15(2)30)26(35)36)17-6-7-18-22-19(10-12-27(17,18)3)28(4)11-9-16(31)13-20(28)24(33)25(22)34/h14-20,22-25,30-31,33-34H,5-13H2,1-4H3,(H,29,32)(H,35,36)/t14-,15-,16-,17-,18+,19+,20+,22+,23+,24+,25-,27-,28-/m1/s1. The van der Waals surface area contributed by atoms with Gasteiger partial charge >= 0.3 is 5.97 Å². The fourth-order valence-electron chi connectivity index (χ4n) is 9.41. The van der Waals surface area contributed by atoms with Crippen molar-refractivity contribution in [1.82, 2.24) is 5.32 Å². The van der Waals surface area contributed by atoms with Gasteiger partial charge in [-0.3, -0.25) is 4.79 Å². The van der Waals surface area contributed by atoms with Crippen LogP contribution in [0.1, 0.15) is 85.5 Å². The quantitative estimate of drug-likeness (QED) is 0.309. The number of aliphatic hydroxyl groups is 4. The van der Waals surface area contributed by atoms with E-state index in [1.54, 1.807) is 0 Å². The number of carboxylic acids is 1. The van der Waals surface area contributed by atoms with E-state index in [0.29, 0.717) is 30.6 Å². The van der Waals surface area contributed by atoms with Crippen LogP contribution < -0.4 is 5.32 Å². The van der Waals surface area contributed by atoms with Crippen LogP contribution in [-0.2, 0) is 9.59 Å². The van der Waals surface area contributed by atoms with Gasteiger partial charge in [-0.1, -0.05) is 20.8 Å². The number of hydrogen-bond donors (Lipinski definition) is 6. The van der Waals surface area contributed by atoms with Gasteiger partial charge in [0, 0.05) is 6.42 Å². The molecule has 0 unspecified atom stereocenters. The number of amides is 1. The van der Waals surface area contributed by atoms with Crippen molar-refractivity contribution in [2.45, 2.75) is 116 Å². The van der Waals surface area contributed by atoms with Crippen LogP contribution in [0.3, 0.4) is 0 Å². The molecule has 0 aliphatic heterocycles. The maximum absolute atomic E-state index is 12.4. The number of fused-ring (bicyclic) bond motifs is 5. The van der Waals surface area contributed by atoms with Crippen LogP contribution in [0.5, 0.6) is 0 Å². The molecule has 13 atom stereocenters. The summed E-state index contributed by atoms with van der Waals surface area (Å²) in [6, 6.07) is -1.30. The van der Waals surface area contributed by atoms with E-state index in [2.05, 4.69) is 26.1 Å². The van der Waals surface area contributed by atoms with Crippen molar-refractivity contribution in [3.63, 3.8) is 0 Å². The van der Waals surface area contributed by atoms with Crippen molar-refractivity contribution in [3.8, 4) is 0 Å². The van der Waals surface area contributed by atoms with Crippen LogP contribution in [-0.4, -0.2) is 67.9 Å². The van der Waals surface area contributed by atoms with Gasteiger partial charge in [0.15, 0.2) is 6.04 Å². The summed E-state index contributed by atoms with van der Waals surface area (Å²) in [4.78, 5) is 23.7. The first kappa shape index (κ1) is 27.8. The Morgan fingerprint density at radius 1 is 0.917 bits per heavy atom. The summed E-state index contributed by atoms with van der Waals surface area (Å²) in [6.45, 7) is 8.15. The van der Waals surface area contributed by atoms with E-state index >= 15 is 0 Å². The van der Waals surface area contributed by atoms with E-state index in [1.807, 2.05) is 0 Å². The van der Waals surface area contributed by atoms with E-state index in [9.17, 15) is 35.1 Å². The van der Waals surface area contributed by atoms with Gasteiger partial charge < -0.3 is 30.8 Å². The highest BCUT2D eigenvalue weighted by atomic mass is 16.4. The maximum Gasteiger partial charge on any atom is 0.328 e. The molecular weight excluding hydrogens is 462 g/mol. The molecule has 8 heteroatoms. The molecule has 0 heterocycles. The molecule has 4 fully saturated rings. The highest BCUT2D eigenvalue weighted by Crippen LogP contribution is 2.68. The lowest BCUT2D eigenvalue weighted by atomic mass is 9.43. The lowest BCUT2D eigenvalue weighted by Crippen LogP contribution is -2.64. The molecule has 4 rings (SSSR count). The normalized spacial score (nSPS) is 46.6. The number of nitrogens with one attached hydrogen (secondary N) is 1. The molecule has 4 aliphatic carbocycles. The molecule has 1 amide bonds. The summed E-state index contributed by atoms with van der Waals surface area (Å²) < 4.78 is 0. The Morgan fingerprint density at radius 2 is 1.56 bits per heavy atom. The third-order valence-corrected chi connectivity index (χ3v) is 11.4. The molecule has 0 saturated heterocycles. The molecule has 6 N–H and O–H groups in total. The Balaban J connectivity index is 1.44. The van der Waals surface area contributed by atoms with Gasteiger partial charge in [0.2, 0.25) is 5.91 Å². The predicted molar refractivity (Wildman–Crippen MR) is 134 cm³/mol. The second kappa shape index (κ2) is 10.2. The molecule has 0 aromatic rings. The number of aliphatic carboxylic acids is 1. The minimum Gasteiger partial charge on any atom is -0.480 e. The summed E-state index contributed by atoms with van der Waals surface area (Å²) in [5, 5.41) is 54.2. The van der Waals surface area contributed by atoms with Gasteiger partial charge in [-0.15, -0.1) is 0 Å². The van der Waals surface area contributed by atoms with E-state index in [1.165, 1.54) is 6.92 Å². The monoisotopic (exact) mass is 509 g/mol. The van der Waals surface area contributed by atoms with Gasteiger partial charge in [0.25, 0.3) is 0 Å². The minimum atomic E-state index is -1.30. The summed E-state index contributed by atoms with van der Waals surface area (Å²) in [6.07, 6.45) is 4.07. The van der Waals surface area contributed by atoms with Crippen molar-refractivity contribution in [3.05, 3.63) is 0 Å². The minimum absolute atomic E-state index is 0.0261. The van der Waals surface area contributed by atoms with Crippen molar-refractivity contribution in [1.29, 1.82) is 0 Å². The lowest BCUT2D eigenvalue weighted by molar-refractivity contribution is -0.223. The summed E-state index contributed by atoms with van der Waals surface area (Å²) in [5.74, 6) is -0.292. The molecule has 4 aliphatic rings. The van der Waals surface area contributed by atoms with Crippen LogP contribution in [0.15, 0.2) is 0 Å². The predicted octanol–water partition coefficient (Wildman–Crippen LogP) is 2.31. The lowest BCUT2D eigenvalue weighted by Gasteiger charge is -2.63. The Hall–Kier alpha value is -1.22. The van der Waals surface area contributed by atoms with Gasteiger partial charge in [-0.2, -0.15) is 0 Å². The van der Waals surface area contributed by atoms with Gasteiger partial charge in [0.05, 0.1) is 24.4 Å². The highest BCUT2D eigenvalue weighted by molar-refractivity contribution is 5.83. The van der Waals surface area contributed by atoms with E-state index < -0.39 is 36.4 Å². The Labute approximate surface area is 214 Å². The summed E-state index contributed by atoms with van der Waals surface area (Å²) >= 11 is 0. The number of carbonyl (C=O) groups is 2. The molecule has 0 aromatic carbocycles. The number of carboxylic acid groups (broad SMARTS) is 1. The van der Waals surface area contributed by atoms with Crippen molar-refractivity contribution >= 4 is 11.9 Å². The molecule has 8 nitrogen and oxygen atoms in total. The molecule has 0 spiro atoms. The molecule has 206 valence electrons. The Bertz CT molecular complexity index is 835. The van der Waals surface area contributed by atoms with E-state index in [4.69, 9.17) is 0 Å². The second-order valence-electron chi connectivity index (χ2n) is 13.2.